The molecule has 1 aromatic rings. The van der Waals surface area contributed by atoms with Crippen LogP contribution in [0.15, 0.2) is 29.2 Å². The summed E-state index contributed by atoms with van der Waals surface area (Å²) in [4.78, 5) is 11.1. The molecule has 1 aliphatic rings. The number of rotatable bonds is 4. The van der Waals surface area contributed by atoms with Gasteiger partial charge in [-0.2, -0.15) is 8.78 Å². The molecule has 0 bridgehead atoms. The van der Waals surface area contributed by atoms with Crippen molar-refractivity contribution in [1.29, 1.82) is 0 Å². The molecule has 0 spiro atoms. The van der Waals surface area contributed by atoms with E-state index >= 15 is 0 Å². The summed E-state index contributed by atoms with van der Waals surface area (Å²) in [6, 6.07) is 4.69. The zero-order valence-electron chi connectivity index (χ0n) is 9.77. The normalized spacial score (nSPS) is 16.2. The lowest BCUT2D eigenvalue weighted by atomic mass is 10.0. The van der Waals surface area contributed by atoms with Crippen molar-refractivity contribution in [2.24, 2.45) is 5.92 Å². The molecule has 1 aliphatic heterocycles. The molecule has 0 aliphatic carbocycles. The van der Waals surface area contributed by atoms with Crippen LogP contribution in [0.4, 0.5) is 14.5 Å². The van der Waals surface area contributed by atoms with Crippen LogP contribution in [0.5, 0.6) is 0 Å². The highest BCUT2D eigenvalue weighted by Gasteiger charge is 2.27. The van der Waals surface area contributed by atoms with E-state index in [1.54, 1.807) is 0 Å². The number of nitrogens with one attached hydrogen (secondary N) is 2. The van der Waals surface area contributed by atoms with E-state index in [9.17, 15) is 22.0 Å². The number of alkyl halides is 2. The average Bonchev–Trinajstić information content (AvgIpc) is 2.27. The lowest BCUT2D eigenvalue weighted by molar-refractivity contribution is -0.121. The largest absolute Gasteiger partial charge is 0.341 e. The van der Waals surface area contributed by atoms with Crippen LogP contribution in [0.1, 0.15) is 0 Å². The van der Waals surface area contributed by atoms with E-state index in [0.29, 0.717) is 18.8 Å². The Balaban J connectivity index is 2.08. The van der Waals surface area contributed by atoms with Gasteiger partial charge >= 0.3 is 5.76 Å². The Bertz CT molecular complexity index is 568. The maximum atomic E-state index is 12.3. The molecule has 1 heterocycles. The molecule has 1 aromatic carbocycles. The van der Waals surface area contributed by atoms with E-state index in [1.807, 2.05) is 0 Å². The second-order valence-electron chi connectivity index (χ2n) is 4.17. The molecule has 104 valence electrons. The maximum Gasteiger partial charge on any atom is 0.341 e. The van der Waals surface area contributed by atoms with Gasteiger partial charge in [-0.3, -0.25) is 4.79 Å². The number of sulfone groups is 1. The summed E-state index contributed by atoms with van der Waals surface area (Å²) in [6.07, 6.45) is 0. The molecular formula is C11H12F2N2O3S. The van der Waals surface area contributed by atoms with Crippen molar-refractivity contribution in [2.45, 2.75) is 10.7 Å². The Hall–Kier alpha value is -1.54. The zero-order valence-corrected chi connectivity index (χ0v) is 10.6. The maximum absolute atomic E-state index is 12.3. The second kappa shape index (κ2) is 5.22. The third kappa shape index (κ3) is 2.90. The minimum absolute atomic E-state index is 0.107. The monoisotopic (exact) mass is 290 g/mol. The van der Waals surface area contributed by atoms with Gasteiger partial charge in [0, 0.05) is 18.8 Å². The molecule has 8 heteroatoms. The van der Waals surface area contributed by atoms with Gasteiger partial charge in [0.15, 0.2) is 0 Å². The van der Waals surface area contributed by atoms with Gasteiger partial charge in [0.25, 0.3) is 0 Å². The van der Waals surface area contributed by atoms with Crippen molar-refractivity contribution in [1.82, 2.24) is 5.32 Å². The molecule has 1 fully saturated rings. The summed E-state index contributed by atoms with van der Waals surface area (Å²) in [5, 5.41) is 5.54. The summed E-state index contributed by atoms with van der Waals surface area (Å²) in [6.45, 7) is 1.20. The van der Waals surface area contributed by atoms with E-state index in [-0.39, 0.29) is 11.8 Å². The molecule has 0 unspecified atom stereocenters. The highest BCUT2D eigenvalue weighted by atomic mass is 32.2. The molecule has 5 nitrogen and oxygen atoms in total. The first-order valence-corrected chi connectivity index (χ1v) is 7.09. The zero-order chi connectivity index (χ0) is 14.0. The summed E-state index contributed by atoms with van der Waals surface area (Å²) < 4.78 is 47.0. The van der Waals surface area contributed by atoms with Crippen LogP contribution in [-0.4, -0.2) is 33.2 Å². The molecule has 2 rings (SSSR count). The number of carbonyl (C=O) groups is 1. The summed E-state index contributed by atoms with van der Waals surface area (Å²) >= 11 is 0. The highest BCUT2D eigenvalue weighted by molar-refractivity contribution is 7.91. The lowest BCUT2D eigenvalue weighted by Gasteiger charge is -2.25. The first-order valence-electron chi connectivity index (χ1n) is 5.55. The van der Waals surface area contributed by atoms with Crippen molar-refractivity contribution >= 4 is 21.4 Å². The van der Waals surface area contributed by atoms with Crippen molar-refractivity contribution in [3.63, 3.8) is 0 Å². The Morgan fingerprint density at radius 3 is 2.26 bits per heavy atom. The third-order valence-corrected chi connectivity index (χ3v) is 4.24. The second-order valence-corrected chi connectivity index (χ2v) is 6.09. The van der Waals surface area contributed by atoms with E-state index in [4.69, 9.17) is 0 Å². The van der Waals surface area contributed by atoms with E-state index in [1.165, 1.54) is 12.1 Å². The number of carbonyl (C=O) groups excluding carboxylic acids is 1. The lowest BCUT2D eigenvalue weighted by Crippen LogP contribution is -2.48. The van der Waals surface area contributed by atoms with Gasteiger partial charge in [0.1, 0.15) is 0 Å². The quantitative estimate of drug-likeness (QED) is 0.861. The SMILES string of the molecule is O=C(Nc1ccc(S(=O)(=O)C(F)F)cc1)C1CNC1. The Kier molecular flexibility index (Phi) is 3.81. The Labute approximate surface area is 108 Å². The minimum atomic E-state index is -4.59. The fourth-order valence-electron chi connectivity index (χ4n) is 1.55. The Morgan fingerprint density at radius 1 is 1.26 bits per heavy atom. The summed E-state index contributed by atoms with van der Waals surface area (Å²) in [7, 11) is -4.59. The standard InChI is InChI=1S/C11H12F2N2O3S/c12-11(13)19(17,18)9-3-1-8(2-4-9)15-10(16)7-5-14-6-7/h1-4,7,11,14H,5-6H2,(H,15,16). The number of hydrogen-bond donors (Lipinski definition) is 2. The first kappa shape index (κ1) is 13.9. The van der Waals surface area contributed by atoms with Gasteiger partial charge < -0.3 is 10.6 Å². The fraction of sp³-hybridized carbons (Fsp3) is 0.364. The fourth-order valence-corrected chi connectivity index (χ4v) is 2.27. The number of halogens is 2. The van der Waals surface area contributed by atoms with Gasteiger partial charge in [-0.25, -0.2) is 8.42 Å². The smallest absolute Gasteiger partial charge is 0.326 e. The van der Waals surface area contributed by atoms with Gasteiger partial charge in [-0.1, -0.05) is 0 Å². The van der Waals surface area contributed by atoms with E-state index in [2.05, 4.69) is 10.6 Å². The van der Waals surface area contributed by atoms with Crippen LogP contribution >= 0.6 is 0 Å². The number of hydrogen-bond acceptors (Lipinski definition) is 4. The predicted octanol–water partition coefficient (Wildman–Crippen LogP) is 0.841. The molecule has 0 aromatic heterocycles. The van der Waals surface area contributed by atoms with Gasteiger partial charge in [0.05, 0.1) is 10.8 Å². The molecule has 0 saturated carbocycles. The van der Waals surface area contributed by atoms with Gasteiger partial charge in [-0.15, -0.1) is 0 Å². The van der Waals surface area contributed by atoms with Gasteiger partial charge in [0.2, 0.25) is 15.7 Å². The predicted molar refractivity (Wildman–Crippen MR) is 64.6 cm³/mol. The van der Waals surface area contributed by atoms with E-state index in [0.717, 1.165) is 12.1 Å². The average molecular weight is 290 g/mol. The van der Waals surface area contributed by atoms with Crippen LogP contribution in [-0.2, 0) is 14.6 Å². The van der Waals surface area contributed by atoms with Crippen LogP contribution < -0.4 is 10.6 Å². The van der Waals surface area contributed by atoms with E-state index < -0.39 is 20.5 Å². The molecule has 1 saturated heterocycles. The molecular weight excluding hydrogens is 278 g/mol. The number of amides is 1. The molecule has 19 heavy (non-hydrogen) atoms. The third-order valence-electron chi connectivity index (χ3n) is 2.84. The molecule has 1 amide bonds. The minimum Gasteiger partial charge on any atom is -0.326 e. The van der Waals surface area contributed by atoms with Crippen molar-refractivity contribution in [3.8, 4) is 0 Å². The van der Waals surface area contributed by atoms with Crippen molar-refractivity contribution < 1.29 is 22.0 Å². The van der Waals surface area contributed by atoms with Gasteiger partial charge in [-0.05, 0) is 24.3 Å². The summed E-state index contributed by atoms with van der Waals surface area (Å²) in [5.41, 5.74) is 0.380. The van der Waals surface area contributed by atoms with Crippen LogP contribution in [0.3, 0.4) is 0 Å². The number of anilines is 1. The van der Waals surface area contributed by atoms with Crippen LogP contribution in [0, 0.1) is 5.92 Å². The van der Waals surface area contributed by atoms with Crippen molar-refractivity contribution in [2.75, 3.05) is 18.4 Å². The van der Waals surface area contributed by atoms with Crippen LogP contribution in [0.2, 0.25) is 0 Å². The molecule has 0 atom stereocenters. The summed E-state index contributed by atoms with van der Waals surface area (Å²) in [5.74, 6) is -3.73. The molecule has 0 radical (unpaired) electrons. The number of benzene rings is 1. The van der Waals surface area contributed by atoms with Crippen LogP contribution in [0.25, 0.3) is 0 Å². The first-order chi connectivity index (χ1) is 8.91. The van der Waals surface area contributed by atoms with Crippen molar-refractivity contribution in [3.05, 3.63) is 24.3 Å². The topological polar surface area (TPSA) is 75.3 Å². The Morgan fingerprint density at radius 2 is 1.84 bits per heavy atom. The molecule has 2 N–H and O–H groups in total. The highest BCUT2D eigenvalue weighted by Crippen LogP contribution is 2.20.